The molecule has 0 saturated carbocycles. The fraction of sp³-hybridized carbons (Fsp3) is 0.625. The highest BCUT2D eigenvalue weighted by atomic mass is 16.5. The molecule has 0 unspecified atom stereocenters. The van der Waals surface area contributed by atoms with Crippen LogP contribution in [0.5, 0.6) is 0 Å². The molecule has 0 bridgehead atoms. The molecule has 0 radical (unpaired) electrons. The van der Waals surface area contributed by atoms with Crippen molar-refractivity contribution in [2.24, 2.45) is 5.92 Å². The Bertz CT molecular complexity index is 469. The normalized spacial score (nSPS) is 20.7. The Morgan fingerprint density at radius 2 is 2.24 bits per heavy atom. The summed E-state index contributed by atoms with van der Waals surface area (Å²) in [7, 11) is 1.34. The molecule has 0 N–H and O–H groups in total. The van der Waals surface area contributed by atoms with Crippen molar-refractivity contribution in [2.75, 3.05) is 13.7 Å². The van der Waals surface area contributed by atoms with Crippen LogP contribution in [0.15, 0.2) is 22.8 Å². The Balaban J connectivity index is 2.12. The second kappa shape index (κ2) is 7.29. The number of likely N-dealkylation sites (tertiary alicyclic amines) is 1. The van der Waals surface area contributed by atoms with E-state index in [1.54, 1.807) is 13.2 Å². The fourth-order valence-electron chi connectivity index (χ4n) is 2.85. The van der Waals surface area contributed by atoms with E-state index < -0.39 is 0 Å². The summed E-state index contributed by atoms with van der Waals surface area (Å²) < 4.78 is 10.2. The smallest absolute Gasteiger partial charge is 0.306 e. The van der Waals surface area contributed by atoms with E-state index in [0.717, 1.165) is 38.0 Å². The molecule has 1 aromatic rings. The lowest BCUT2D eigenvalue weighted by atomic mass is 10.0. The zero-order chi connectivity index (χ0) is 15.2. The minimum Gasteiger partial charge on any atom is -0.469 e. The maximum absolute atomic E-state index is 12.7. The third-order valence-electron chi connectivity index (χ3n) is 4.03. The number of hydrogen-bond acceptors (Lipinski definition) is 4. The van der Waals surface area contributed by atoms with Crippen LogP contribution in [0.2, 0.25) is 0 Å². The van der Waals surface area contributed by atoms with Gasteiger partial charge in [-0.25, -0.2) is 0 Å². The molecule has 5 nitrogen and oxygen atoms in total. The van der Waals surface area contributed by atoms with Crippen LogP contribution in [0.4, 0.5) is 0 Å². The molecule has 2 heterocycles. The Kier molecular flexibility index (Phi) is 5.42. The minimum atomic E-state index is -0.368. The molecule has 0 spiro atoms. The van der Waals surface area contributed by atoms with Crippen molar-refractivity contribution in [1.29, 1.82) is 0 Å². The van der Waals surface area contributed by atoms with Crippen LogP contribution < -0.4 is 0 Å². The van der Waals surface area contributed by atoms with Crippen LogP contribution >= 0.6 is 0 Å². The van der Waals surface area contributed by atoms with Crippen molar-refractivity contribution in [3.8, 4) is 0 Å². The first-order valence-corrected chi connectivity index (χ1v) is 7.54. The Morgan fingerprint density at radius 1 is 1.43 bits per heavy atom. The molecular formula is C16H23NO4. The summed E-state index contributed by atoms with van der Waals surface area (Å²) in [6, 6.07) is 3.75. The molecule has 1 aliphatic rings. The summed E-state index contributed by atoms with van der Waals surface area (Å²) in [5.74, 6) is 0.118. The maximum atomic E-state index is 12.7. The first kappa shape index (κ1) is 15.6. The third kappa shape index (κ3) is 3.86. The van der Waals surface area contributed by atoms with Gasteiger partial charge in [0.1, 0.15) is 5.76 Å². The van der Waals surface area contributed by atoms with Crippen molar-refractivity contribution in [3.05, 3.63) is 24.2 Å². The zero-order valence-electron chi connectivity index (χ0n) is 12.7. The molecule has 1 aliphatic heterocycles. The fourth-order valence-corrected chi connectivity index (χ4v) is 2.85. The Morgan fingerprint density at radius 3 is 2.90 bits per heavy atom. The van der Waals surface area contributed by atoms with Gasteiger partial charge in [0, 0.05) is 12.5 Å². The molecule has 5 heteroatoms. The topological polar surface area (TPSA) is 59.8 Å². The molecule has 21 heavy (non-hydrogen) atoms. The van der Waals surface area contributed by atoms with Gasteiger partial charge in [-0.05, 0) is 25.0 Å². The molecular weight excluding hydrogens is 270 g/mol. The van der Waals surface area contributed by atoms with E-state index in [2.05, 4.69) is 4.74 Å². The van der Waals surface area contributed by atoms with Crippen LogP contribution in [0, 0.1) is 5.92 Å². The predicted molar refractivity (Wildman–Crippen MR) is 77.4 cm³/mol. The number of ether oxygens (including phenoxy) is 1. The van der Waals surface area contributed by atoms with E-state index >= 15 is 0 Å². The van der Waals surface area contributed by atoms with Crippen molar-refractivity contribution < 1.29 is 18.7 Å². The highest BCUT2D eigenvalue weighted by Crippen LogP contribution is 2.31. The standard InChI is InChI=1S/C16H23NO4/c1-12(11-15(18)20-2)16(19)17-9-5-3-4-7-13(17)14-8-6-10-21-14/h6,8,10,12-13H,3-5,7,9,11H2,1-2H3/t12-,13-/m1/s1. The summed E-state index contributed by atoms with van der Waals surface area (Å²) in [6.07, 6.45) is 5.86. The molecule has 2 rings (SSSR count). The van der Waals surface area contributed by atoms with Gasteiger partial charge in [0.25, 0.3) is 0 Å². The van der Waals surface area contributed by atoms with Gasteiger partial charge in [-0.15, -0.1) is 0 Å². The molecule has 2 atom stereocenters. The minimum absolute atomic E-state index is 0.00343. The predicted octanol–water partition coefficient (Wildman–Crippen LogP) is 2.92. The van der Waals surface area contributed by atoms with E-state index in [0.29, 0.717) is 0 Å². The average Bonchev–Trinajstić information content (AvgIpc) is 2.90. The average molecular weight is 293 g/mol. The van der Waals surface area contributed by atoms with Crippen LogP contribution in [-0.4, -0.2) is 30.4 Å². The highest BCUT2D eigenvalue weighted by Gasteiger charge is 2.31. The first-order valence-electron chi connectivity index (χ1n) is 7.54. The molecule has 1 amide bonds. The third-order valence-corrected chi connectivity index (χ3v) is 4.03. The summed E-state index contributed by atoms with van der Waals surface area (Å²) >= 11 is 0. The van der Waals surface area contributed by atoms with Crippen LogP contribution in [-0.2, 0) is 14.3 Å². The van der Waals surface area contributed by atoms with E-state index in [1.165, 1.54) is 7.11 Å². The first-order chi connectivity index (χ1) is 10.1. The lowest BCUT2D eigenvalue weighted by molar-refractivity contribution is -0.147. The molecule has 1 fully saturated rings. The summed E-state index contributed by atoms with van der Waals surface area (Å²) in [6.45, 7) is 2.50. The summed E-state index contributed by atoms with van der Waals surface area (Å²) in [5.41, 5.74) is 0. The van der Waals surface area contributed by atoms with Gasteiger partial charge >= 0.3 is 5.97 Å². The van der Waals surface area contributed by atoms with E-state index in [-0.39, 0.29) is 30.3 Å². The number of carbonyl (C=O) groups is 2. The Labute approximate surface area is 125 Å². The zero-order valence-corrected chi connectivity index (χ0v) is 12.7. The summed E-state index contributed by atoms with van der Waals surface area (Å²) in [4.78, 5) is 25.9. The molecule has 0 aliphatic carbocycles. The second-order valence-electron chi connectivity index (χ2n) is 5.59. The van der Waals surface area contributed by atoms with Crippen LogP contribution in [0.3, 0.4) is 0 Å². The second-order valence-corrected chi connectivity index (χ2v) is 5.59. The maximum Gasteiger partial charge on any atom is 0.306 e. The van der Waals surface area contributed by atoms with E-state index in [4.69, 9.17) is 4.42 Å². The number of furan rings is 1. The largest absolute Gasteiger partial charge is 0.469 e. The van der Waals surface area contributed by atoms with Gasteiger partial charge in [-0.3, -0.25) is 9.59 Å². The van der Waals surface area contributed by atoms with E-state index in [9.17, 15) is 9.59 Å². The van der Waals surface area contributed by atoms with Gasteiger partial charge in [0.15, 0.2) is 0 Å². The number of hydrogen-bond donors (Lipinski definition) is 0. The van der Waals surface area contributed by atoms with Gasteiger partial charge in [-0.2, -0.15) is 0 Å². The molecule has 0 aromatic carbocycles. The van der Waals surface area contributed by atoms with Gasteiger partial charge in [0.2, 0.25) is 5.91 Å². The highest BCUT2D eigenvalue weighted by molar-refractivity contribution is 5.83. The number of rotatable bonds is 4. The van der Waals surface area contributed by atoms with Crippen molar-refractivity contribution in [1.82, 2.24) is 4.90 Å². The monoisotopic (exact) mass is 293 g/mol. The van der Waals surface area contributed by atoms with E-state index in [1.807, 2.05) is 17.0 Å². The lowest BCUT2D eigenvalue weighted by Gasteiger charge is -2.30. The quantitative estimate of drug-likeness (QED) is 0.801. The molecule has 1 aromatic heterocycles. The SMILES string of the molecule is COC(=O)C[C@@H](C)C(=O)N1CCCCC[C@@H]1c1ccco1. The Hall–Kier alpha value is -1.78. The molecule has 116 valence electrons. The number of amides is 1. The van der Waals surface area contributed by atoms with Gasteiger partial charge in [-0.1, -0.05) is 19.8 Å². The van der Waals surface area contributed by atoms with Gasteiger partial charge < -0.3 is 14.1 Å². The van der Waals surface area contributed by atoms with Crippen molar-refractivity contribution in [3.63, 3.8) is 0 Å². The van der Waals surface area contributed by atoms with Crippen molar-refractivity contribution in [2.45, 2.75) is 45.1 Å². The van der Waals surface area contributed by atoms with Crippen molar-refractivity contribution >= 4 is 11.9 Å². The molecule has 1 saturated heterocycles. The summed E-state index contributed by atoms with van der Waals surface area (Å²) in [5, 5.41) is 0. The number of methoxy groups -OCH3 is 1. The lowest BCUT2D eigenvalue weighted by Crippen LogP contribution is -2.38. The number of nitrogens with zero attached hydrogens (tertiary/aromatic N) is 1. The van der Waals surface area contributed by atoms with Crippen LogP contribution in [0.25, 0.3) is 0 Å². The van der Waals surface area contributed by atoms with Crippen LogP contribution in [0.1, 0.15) is 50.8 Å². The number of carbonyl (C=O) groups excluding carboxylic acids is 2. The number of esters is 1. The van der Waals surface area contributed by atoms with Gasteiger partial charge in [0.05, 0.1) is 25.8 Å².